The van der Waals surface area contributed by atoms with Crippen molar-refractivity contribution < 1.29 is 17.9 Å². The van der Waals surface area contributed by atoms with Crippen LogP contribution in [0.4, 0.5) is 0 Å². The SMILES string of the molecule is CS(=O)(=O)N1CC[C@@H]2C[C@H](C(=O)NCCc3ccncc3)O[C@H]2C1. The Hall–Kier alpha value is -1.51. The Balaban J connectivity index is 1.48. The molecular weight excluding hydrogens is 330 g/mol. The third kappa shape index (κ3) is 4.12. The Morgan fingerprint density at radius 3 is 2.88 bits per heavy atom. The highest BCUT2D eigenvalue weighted by atomic mass is 32.2. The second-order valence-corrected chi connectivity index (χ2v) is 8.45. The molecule has 0 spiro atoms. The lowest BCUT2D eigenvalue weighted by atomic mass is 9.93. The van der Waals surface area contributed by atoms with E-state index in [0.717, 1.165) is 18.4 Å². The van der Waals surface area contributed by atoms with Gasteiger partial charge in [-0.05, 0) is 42.9 Å². The molecule has 2 fully saturated rings. The molecule has 7 nitrogen and oxygen atoms in total. The first kappa shape index (κ1) is 17.3. The van der Waals surface area contributed by atoms with Crippen LogP contribution in [-0.4, -0.2) is 61.7 Å². The zero-order valence-electron chi connectivity index (χ0n) is 13.7. The van der Waals surface area contributed by atoms with E-state index >= 15 is 0 Å². The number of rotatable bonds is 5. The van der Waals surface area contributed by atoms with Gasteiger partial charge in [0.05, 0.1) is 12.4 Å². The van der Waals surface area contributed by atoms with Gasteiger partial charge < -0.3 is 10.1 Å². The van der Waals surface area contributed by atoms with Gasteiger partial charge in [-0.1, -0.05) is 0 Å². The Kier molecular flexibility index (Phi) is 5.17. The monoisotopic (exact) mass is 353 g/mol. The molecule has 2 aliphatic rings. The Bertz CT molecular complexity index is 680. The topological polar surface area (TPSA) is 88.6 Å². The van der Waals surface area contributed by atoms with Crippen LogP contribution in [0.5, 0.6) is 0 Å². The lowest BCUT2D eigenvalue weighted by Crippen LogP contribution is -2.45. The molecule has 2 saturated heterocycles. The lowest BCUT2D eigenvalue weighted by molar-refractivity contribution is -0.132. The normalized spacial score (nSPS) is 27.6. The summed E-state index contributed by atoms with van der Waals surface area (Å²) in [4.78, 5) is 16.2. The number of hydrogen-bond acceptors (Lipinski definition) is 5. The van der Waals surface area contributed by atoms with Crippen LogP contribution in [0.2, 0.25) is 0 Å². The summed E-state index contributed by atoms with van der Waals surface area (Å²) in [5.41, 5.74) is 1.12. The number of fused-ring (bicyclic) bond motifs is 1. The van der Waals surface area contributed by atoms with Crippen molar-refractivity contribution in [3.8, 4) is 0 Å². The van der Waals surface area contributed by atoms with Crippen LogP contribution in [0.1, 0.15) is 18.4 Å². The predicted molar refractivity (Wildman–Crippen MR) is 88.8 cm³/mol. The van der Waals surface area contributed by atoms with Crippen LogP contribution in [-0.2, 0) is 26.0 Å². The molecule has 24 heavy (non-hydrogen) atoms. The fraction of sp³-hybridized carbons (Fsp3) is 0.625. The average molecular weight is 353 g/mol. The number of aromatic nitrogens is 1. The highest BCUT2D eigenvalue weighted by Gasteiger charge is 2.43. The van der Waals surface area contributed by atoms with Gasteiger partial charge in [0, 0.05) is 32.0 Å². The first-order valence-electron chi connectivity index (χ1n) is 8.20. The van der Waals surface area contributed by atoms with E-state index < -0.39 is 16.1 Å². The molecule has 0 bridgehead atoms. The van der Waals surface area contributed by atoms with E-state index in [9.17, 15) is 13.2 Å². The predicted octanol–water partition coefficient (Wildman–Crippen LogP) is 0.179. The molecule has 3 rings (SSSR count). The van der Waals surface area contributed by atoms with E-state index in [4.69, 9.17) is 4.74 Å². The smallest absolute Gasteiger partial charge is 0.249 e. The Morgan fingerprint density at radius 1 is 1.42 bits per heavy atom. The van der Waals surface area contributed by atoms with Crippen molar-refractivity contribution in [1.29, 1.82) is 0 Å². The van der Waals surface area contributed by atoms with Crippen molar-refractivity contribution in [2.75, 3.05) is 25.9 Å². The summed E-state index contributed by atoms with van der Waals surface area (Å²) in [6.45, 7) is 1.41. The molecular formula is C16H23N3O4S. The highest BCUT2D eigenvalue weighted by Crippen LogP contribution is 2.33. The van der Waals surface area contributed by atoms with E-state index in [0.29, 0.717) is 26.1 Å². The second kappa shape index (κ2) is 7.16. The minimum atomic E-state index is -3.20. The zero-order chi connectivity index (χ0) is 17.2. The van der Waals surface area contributed by atoms with Crippen LogP contribution in [0, 0.1) is 5.92 Å². The number of carbonyl (C=O) groups excluding carboxylic acids is 1. The molecule has 3 heterocycles. The molecule has 0 aromatic carbocycles. The summed E-state index contributed by atoms with van der Waals surface area (Å²) in [5.74, 6) is 0.156. The zero-order valence-corrected chi connectivity index (χ0v) is 14.5. The molecule has 1 aromatic rings. The van der Waals surface area contributed by atoms with E-state index in [1.54, 1.807) is 12.4 Å². The molecule has 3 atom stereocenters. The van der Waals surface area contributed by atoms with E-state index in [1.165, 1.54) is 10.6 Å². The number of pyridine rings is 1. The fourth-order valence-electron chi connectivity index (χ4n) is 3.37. The summed E-state index contributed by atoms with van der Waals surface area (Å²) in [5, 5.41) is 2.91. The molecule has 1 N–H and O–H groups in total. The Morgan fingerprint density at radius 2 is 2.17 bits per heavy atom. The first-order valence-corrected chi connectivity index (χ1v) is 10.1. The van der Waals surface area contributed by atoms with Gasteiger partial charge in [0.2, 0.25) is 15.9 Å². The Labute approximate surface area is 142 Å². The molecule has 0 unspecified atom stereocenters. The van der Waals surface area contributed by atoms with Crippen LogP contribution in [0.25, 0.3) is 0 Å². The summed E-state index contributed by atoms with van der Waals surface area (Å²) in [6, 6.07) is 3.85. The number of amides is 1. The maximum Gasteiger partial charge on any atom is 0.249 e. The van der Waals surface area contributed by atoms with E-state index in [1.807, 2.05) is 12.1 Å². The molecule has 132 valence electrons. The van der Waals surface area contributed by atoms with Gasteiger partial charge in [-0.3, -0.25) is 9.78 Å². The summed E-state index contributed by atoms with van der Waals surface area (Å²) >= 11 is 0. The number of nitrogens with zero attached hydrogens (tertiary/aromatic N) is 2. The molecule has 0 saturated carbocycles. The van der Waals surface area contributed by atoms with Crippen molar-refractivity contribution in [3.05, 3.63) is 30.1 Å². The van der Waals surface area contributed by atoms with Crippen LogP contribution in [0.15, 0.2) is 24.5 Å². The first-order chi connectivity index (χ1) is 11.4. The maximum absolute atomic E-state index is 12.3. The van der Waals surface area contributed by atoms with Crippen molar-refractivity contribution >= 4 is 15.9 Å². The van der Waals surface area contributed by atoms with Gasteiger partial charge in [0.15, 0.2) is 0 Å². The number of hydrogen-bond donors (Lipinski definition) is 1. The summed E-state index contributed by atoms with van der Waals surface area (Å²) < 4.78 is 30.6. The van der Waals surface area contributed by atoms with Gasteiger partial charge in [0.1, 0.15) is 6.10 Å². The molecule has 8 heteroatoms. The minimum absolute atomic E-state index is 0.107. The highest BCUT2D eigenvalue weighted by molar-refractivity contribution is 7.88. The van der Waals surface area contributed by atoms with Crippen LogP contribution >= 0.6 is 0 Å². The fourth-order valence-corrected chi connectivity index (χ4v) is 4.22. The van der Waals surface area contributed by atoms with E-state index in [-0.39, 0.29) is 17.9 Å². The summed E-state index contributed by atoms with van der Waals surface area (Å²) in [7, 11) is -3.20. The molecule has 0 radical (unpaired) electrons. The average Bonchev–Trinajstić information content (AvgIpc) is 2.98. The minimum Gasteiger partial charge on any atom is -0.363 e. The number of piperidine rings is 1. The standard InChI is InChI=1S/C16H23N3O4S/c1-24(21,22)19-9-5-13-10-14(23-15(13)11-19)16(20)18-8-4-12-2-6-17-7-3-12/h2-3,6-7,13-15H,4-5,8-11H2,1H3,(H,18,20)/t13-,14-,15+/m1/s1. The quantitative estimate of drug-likeness (QED) is 0.816. The number of sulfonamides is 1. The van der Waals surface area contributed by atoms with Gasteiger partial charge in [-0.15, -0.1) is 0 Å². The van der Waals surface area contributed by atoms with E-state index in [2.05, 4.69) is 10.3 Å². The molecule has 1 aromatic heterocycles. The maximum atomic E-state index is 12.3. The third-order valence-electron chi connectivity index (χ3n) is 4.74. The second-order valence-electron chi connectivity index (χ2n) is 6.47. The van der Waals surface area contributed by atoms with Crippen molar-refractivity contribution in [2.45, 2.75) is 31.5 Å². The van der Waals surface area contributed by atoms with Crippen molar-refractivity contribution in [3.63, 3.8) is 0 Å². The number of carbonyl (C=O) groups is 1. The van der Waals surface area contributed by atoms with Gasteiger partial charge >= 0.3 is 0 Å². The number of ether oxygens (including phenoxy) is 1. The van der Waals surface area contributed by atoms with Crippen molar-refractivity contribution in [1.82, 2.24) is 14.6 Å². The van der Waals surface area contributed by atoms with Crippen LogP contribution < -0.4 is 5.32 Å². The third-order valence-corrected chi connectivity index (χ3v) is 6.01. The van der Waals surface area contributed by atoms with Gasteiger partial charge in [0.25, 0.3) is 0 Å². The summed E-state index contributed by atoms with van der Waals surface area (Å²) in [6.07, 6.45) is 6.19. The van der Waals surface area contributed by atoms with Gasteiger partial charge in [-0.25, -0.2) is 8.42 Å². The molecule has 1 amide bonds. The molecule has 2 aliphatic heterocycles. The van der Waals surface area contributed by atoms with Crippen molar-refractivity contribution in [2.24, 2.45) is 5.92 Å². The molecule has 0 aliphatic carbocycles. The number of nitrogens with one attached hydrogen (secondary N) is 1. The van der Waals surface area contributed by atoms with Gasteiger partial charge in [-0.2, -0.15) is 4.31 Å². The largest absolute Gasteiger partial charge is 0.363 e. The van der Waals surface area contributed by atoms with Crippen LogP contribution in [0.3, 0.4) is 0 Å². The lowest BCUT2D eigenvalue weighted by Gasteiger charge is -2.32.